The fraction of sp³-hybridized carbons (Fsp3) is 0.357. The summed E-state index contributed by atoms with van der Waals surface area (Å²) in [4.78, 5) is -0.238. The summed E-state index contributed by atoms with van der Waals surface area (Å²) in [5.41, 5.74) is 0.700. The van der Waals surface area contributed by atoms with Crippen LogP contribution < -0.4 is 0 Å². The van der Waals surface area contributed by atoms with Crippen molar-refractivity contribution in [3.63, 3.8) is 0 Å². The zero-order chi connectivity index (χ0) is 15.7. The number of hydrogen-bond acceptors (Lipinski definition) is 3. The normalized spacial score (nSPS) is 20.2. The van der Waals surface area contributed by atoms with Gasteiger partial charge in [0.25, 0.3) is 0 Å². The average molecular weight is 327 g/mol. The van der Waals surface area contributed by atoms with Gasteiger partial charge < -0.3 is 0 Å². The van der Waals surface area contributed by atoms with E-state index in [1.807, 2.05) is 0 Å². The van der Waals surface area contributed by atoms with E-state index in [9.17, 15) is 17.2 Å². The zero-order valence-electron chi connectivity index (χ0n) is 11.7. The minimum atomic E-state index is -3.90. The first-order valence-electron chi connectivity index (χ1n) is 6.96. The molecule has 22 heavy (non-hydrogen) atoms. The van der Waals surface area contributed by atoms with Gasteiger partial charge in [-0.3, -0.25) is 5.10 Å². The Balaban J connectivity index is 2.00. The Morgan fingerprint density at radius 3 is 2.68 bits per heavy atom. The minimum absolute atomic E-state index is 0.238. The molecule has 1 aromatic carbocycles. The number of piperidine rings is 1. The van der Waals surface area contributed by atoms with Crippen molar-refractivity contribution in [2.75, 3.05) is 6.54 Å². The number of benzene rings is 1. The Bertz CT molecular complexity index is 762. The molecule has 0 saturated carbocycles. The second-order valence-corrected chi connectivity index (χ2v) is 7.11. The maximum Gasteiger partial charge on any atom is 0.243 e. The van der Waals surface area contributed by atoms with Crippen LogP contribution >= 0.6 is 0 Å². The molecule has 2 aromatic rings. The summed E-state index contributed by atoms with van der Waals surface area (Å²) < 4.78 is 53.3. The predicted octanol–water partition coefficient (Wildman–Crippen LogP) is 2.60. The van der Waals surface area contributed by atoms with Crippen molar-refractivity contribution in [3.05, 3.63) is 47.8 Å². The van der Waals surface area contributed by atoms with Gasteiger partial charge in [0.05, 0.1) is 16.6 Å². The van der Waals surface area contributed by atoms with Gasteiger partial charge in [0.15, 0.2) is 11.6 Å². The van der Waals surface area contributed by atoms with Crippen molar-refractivity contribution >= 4 is 10.0 Å². The molecule has 1 atom stereocenters. The van der Waals surface area contributed by atoms with Crippen LogP contribution in [0.25, 0.3) is 0 Å². The van der Waals surface area contributed by atoms with Crippen LogP contribution in [-0.4, -0.2) is 29.5 Å². The largest absolute Gasteiger partial charge is 0.281 e. The Morgan fingerprint density at radius 2 is 2.00 bits per heavy atom. The quantitative estimate of drug-likeness (QED) is 0.942. The summed E-state index contributed by atoms with van der Waals surface area (Å²) in [6.07, 6.45) is 3.85. The Morgan fingerprint density at radius 1 is 1.18 bits per heavy atom. The highest BCUT2D eigenvalue weighted by atomic mass is 32.2. The van der Waals surface area contributed by atoms with E-state index >= 15 is 0 Å². The third-order valence-corrected chi connectivity index (χ3v) is 5.74. The van der Waals surface area contributed by atoms with E-state index in [0.717, 1.165) is 31.0 Å². The summed E-state index contributed by atoms with van der Waals surface area (Å²) in [5, 5.41) is 6.65. The highest BCUT2D eigenvalue weighted by Gasteiger charge is 2.35. The lowest BCUT2D eigenvalue weighted by molar-refractivity contribution is 0.251. The van der Waals surface area contributed by atoms with Crippen molar-refractivity contribution < 1.29 is 17.2 Å². The molecular weight excluding hydrogens is 312 g/mol. The van der Waals surface area contributed by atoms with E-state index in [0.29, 0.717) is 18.7 Å². The van der Waals surface area contributed by atoms with Crippen LogP contribution in [0, 0.1) is 11.6 Å². The number of nitrogens with zero attached hydrogens (tertiary/aromatic N) is 2. The zero-order valence-corrected chi connectivity index (χ0v) is 12.5. The molecule has 0 bridgehead atoms. The van der Waals surface area contributed by atoms with Crippen LogP contribution in [0.3, 0.4) is 0 Å². The highest BCUT2D eigenvalue weighted by molar-refractivity contribution is 7.89. The van der Waals surface area contributed by atoms with Gasteiger partial charge in [-0.1, -0.05) is 6.42 Å². The summed E-state index contributed by atoms with van der Waals surface area (Å²) in [6, 6.07) is 4.01. The Kier molecular flexibility index (Phi) is 3.96. The lowest BCUT2D eigenvalue weighted by atomic mass is 10.0. The second-order valence-electron chi connectivity index (χ2n) is 5.22. The third kappa shape index (κ3) is 2.64. The number of hydrogen-bond donors (Lipinski definition) is 1. The van der Waals surface area contributed by atoms with E-state index in [-0.39, 0.29) is 10.9 Å². The maximum absolute atomic E-state index is 13.4. The first-order valence-corrected chi connectivity index (χ1v) is 8.40. The molecule has 2 heterocycles. The van der Waals surface area contributed by atoms with Gasteiger partial charge in [0, 0.05) is 12.7 Å². The SMILES string of the molecule is O=S(=O)(c1ccc(F)c(F)c1)N1CCCC[C@@H]1c1ccn[nH]1. The number of H-pyrrole nitrogens is 1. The molecule has 1 N–H and O–H groups in total. The van der Waals surface area contributed by atoms with Crippen LogP contribution in [-0.2, 0) is 10.0 Å². The smallest absolute Gasteiger partial charge is 0.243 e. The van der Waals surface area contributed by atoms with Gasteiger partial charge in [-0.05, 0) is 37.1 Å². The van der Waals surface area contributed by atoms with E-state index in [1.165, 1.54) is 4.31 Å². The fourth-order valence-electron chi connectivity index (χ4n) is 2.73. The van der Waals surface area contributed by atoms with Crippen LogP contribution in [0.4, 0.5) is 8.78 Å². The van der Waals surface area contributed by atoms with Gasteiger partial charge in [-0.15, -0.1) is 0 Å². The molecule has 0 aliphatic carbocycles. The summed E-state index contributed by atoms with van der Waals surface area (Å²) in [5.74, 6) is -2.24. The molecule has 0 amide bonds. The molecule has 5 nitrogen and oxygen atoms in total. The van der Waals surface area contributed by atoms with E-state index < -0.39 is 21.7 Å². The van der Waals surface area contributed by atoms with Crippen molar-refractivity contribution in [1.29, 1.82) is 0 Å². The molecule has 118 valence electrons. The molecule has 1 saturated heterocycles. The number of halogens is 2. The number of sulfonamides is 1. The summed E-state index contributed by atoms with van der Waals surface area (Å²) in [7, 11) is -3.90. The number of nitrogens with one attached hydrogen (secondary N) is 1. The van der Waals surface area contributed by atoms with Crippen LogP contribution in [0.5, 0.6) is 0 Å². The molecule has 0 unspecified atom stereocenters. The molecule has 1 aliphatic rings. The Labute approximate surface area is 127 Å². The molecule has 1 fully saturated rings. The third-order valence-electron chi connectivity index (χ3n) is 3.83. The molecule has 1 aliphatic heterocycles. The highest BCUT2D eigenvalue weighted by Crippen LogP contribution is 2.34. The molecule has 0 spiro atoms. The van der Waals surface area contributed by atoms with Crippen molar-refractivity contribution in [1.82, 2.24) is 14.5 Å². The van der Waals surface area contributed by atoms with Crippen LogP contribution in [0.15, 0.2) is 35.4 Å². The van der Waals surface area contributed by atoms with E-state index in [4.69, 9.17) is 0 Å². The maximum atomic E-state index is 13.4. The van der Waals surface area contributed by atoms with Gasteiger partial charge in [0.2, 0.25) is 10.0 Å². The summed E-state index contributed by atoms with van der Waals surface area (Å²) in [6.45, 7) is 0.338. The molecule has 1 aromatic heterocycles. The van der Waals surface area contributed by atoms with Gasteiger partial charge in [-0.2, -0.15) is 9.40 Å². The van der Waals surface area contributed by atoms with Gasteiger partial charge >= 0.3 is 0 Å². The van der Waals surface area contributed by atoms with Crippen molar-refractivity contribution in [2.45, 2.75) is 30.2 Å². The molecule has 0 radical (unpaired) electrons. The van der Waals surface area contributed by atoms with Crippen molar-refractivity contribution in [3.8, 4) is 0 Å². The predicted molar refractivity (Wildman–Crippen MR) is 75.4 cm³/mol. The lowest BCUT2D eigenvalue weighted by Crippen LogP contribution is -2.38. The fourth-order valence-corrected chi connectivity index (χ4v) is 4.42. The van der Waals surface area contributed by atoms with Crippen LogP contribution in [0.1, 0.15) is 31.0 Å². The lowest BCUT2D eigenvalue weighted by Gasteiger charge is -2.33. The summed E-state index contributed by atoms with van der Waals surface area (Å²) >= 11 is 0. The average Bonchev–Trinajstić information content (AvgIpc) is 3.04. The second kappa shape index (κ2) is 5.77. The first kappa shape index (κ1) is 15.1. The molecule has 8 heteroatoms. The standard InChI is InChI=1S/C14H15F2N3O2S/c15-11-5-4-10(9-12(11)16)22(20,21)19-8-2-1-3-14(19)13-6-7-17-18-13/h4-7,9,14H,1-3,8H2,(H,17,18)/t14-/m1/s1. The monoisotopic (exact) mass is 327 g/mol. The number of rotatable bonds is 3. The topological polar surface area (TPSA) is 66.1 Å². The number of aromatic amines is 1. The van der Waals surface area contributed by atoms with E-state index in [1.54, 1.807) is 12.3 Å². The minimum Gasteiger partial charge on any atom is -0.281 e. The molecular formula is C14H15F2N3O2S. The van der Waals surface area contributed by atoms with Gasteiger partial charge in [0.1, 0.15) is 0 Å². The van der Waals surface area contributed by atoms with Gasteiger partial charge in [-0.25, -0.2) is 17.2 Å². The molecule has 3 rings (SSSR count). The van der Waals surface area contributed by atoms with Crippen LogP contribution in [0.2, 0.25) is 0 Å². The van der Waals surface area contributed by atoms with E-state index in [2.05, 4.69) is 10.2 Å². The Hall–Kier alpha value is -1.80. The van der Waals surface area contributed by atoms with Crippen molar-refractivity contribution in [2.24, 2.45) is 0 Å². The first-order chi connectivity index (χ1) is 10.5. The number of aromatic nitrogens is 2.